The lowest BCUT2D eigenvalue weighted by molar-refractivity contribution is 0.102. The van der Waals surface area contributed by atoms with Crippen LogP contribution in [0.5, 0.6) is 0 Å². The van der Waals surface area contributed by atoms with Crippen LogP contribution in [-0.4, -0.2) is 28.5 Å². The molecule has 0 aliphatic carbocycles. The second-order valence-electron chi connectivity index (χ2n) is 7.28. The third-order valence-corrected chi connectivity index (χ3v) is 5.40. The summed E-state index contributed by atoms with van der Waals surface area (Å²) in [6.07, 6.45) is 3.72. The van der Waals surface area contributed by atoms with E-state index < -0.39 is 11.1 Å². The second kappa shape index (κ2) is 7.95. The fourth-order valence-corrected chi connectivity index (χ4v) is 3.85. The number of hydrogen-bond donors (Lipinski definition) is 2. The van der Waals surface area contributed by atoms with Gasteiger partial charge < -0.3 is 19.8 Å². The molecule has 0 atom stereocenters. The van der Waals surface area contributed by atoms with Crippen molar-refractivity contribution >= 4 is 28.3 Å². The van der Waals surface area contributed by atoms with E-state index in [9.17, 15) is 14.4 Å². The van der Waals surface area contributed by atoms with E-state index in [2.05, 4.69) is 15.2 Å². The van der Waals surface area contributed by atoms with Gasteiger partial charge in [-0.1, -0.05) is 0 Å². The molecule has 1 amide bonds. The molecular formula is C22H24N4O3. The Morgan fingerprint density at radius 2 is 1.76 bits per heavy atom. The molecule has 1 fully saturated rings. The Balaban J connectivity index is 1.55. The van der Waals surface area contributed by atoms with Crippen molar-refractivity contribution in [3.63, 3.8) is 0 Å². The molecule has 7 heteroatoms. The van der Waals surface area contributed by atoms with E-state index in [1.807, 2.05) is 24.3 Å². The molecule has 3 aromatic rings. The Morgan fingerprint density at radius 3 is 2.45 bits per heavy atom. The zero-order valence-corrected chi connectivity index (χ0v) is 16.4. The number of benzene rings is 2. The number of amides is 1. The average Bonchev–Trinajstić information content (AvgIpc) is 2.75. The highest BCUT2D eigenvalue weighted by atomic mass is 16.2. The quantitative estimate of drug-likeness (QED) is 0.669. The van der Waals surface area contributed by atoms with Crippen molar-refractivity contribution in [3.05, 3.63) is 68.7 Å². The molecule has 0 radical (unpaired) electrons. The van der Waals surface area contributed by atoms with Gasteiger partial charge in [-0.3, -0.25) is 14.4 Å². The lowest BCUT2D eigenvalue weighted by Gasteiger charge is -2.28. The first-order valence-electron chi connectivity index (χ1n) is 10.00. The molecule has 0 unspecified atom stereocenters. The van der Waals surface area contributed by atoms with Crippen LogP contribution in [0.4, 0.5) is 11.4 Å². The Bertz CT molecular complexity index is 1160. The fourth-order valence-electron chi connectivity index (χ4n) is 3.85. The zero-order chi connectivity index (χ0) is 20.4. The van der Waals surface area contributed by atoms with Crippen molar-refractivity contribution in [2.45, 2.75) is 32.7 Å². The van der Waals surface area contributed by atoms with Crippen LogP contribution >= 0.6 is 0 Å². The van der Waals surface area contributed by atoms with Crippen LogP contribution in [0.25, 0.3) is 11.0 Å². The molecule has 2 heterocycles. The summed E-state index contributed by atoms with van der Waals surface area (Å²) in [7, 11) is 0. The van der Waals surface area contributed by atoms with Gasteiger partial charge in [-0.05, 0) is 68.7 Å². The van der Waals surface area contributed by atoms with Crippen LogP contribution in [0, 0.1) is 0 Å². The van der Waals surface area contributed by atoms with Crippen LogP contribution in [0.1, 0.15) is 36.5 Å². The molecule has 7 nitrogen and oxygen atoms in total. The van der Waals surface area contributed by atoms with Gasteiger partial charge in [0.25, 0.3) is 5.91 Å². The highest BCUT2D eigenvalue weighted by molar-refractivity contribution is 6.05. The van der Waals surface area contributed by atoms with E-state index in [0.29, 0.717) is 28.8 Å². The smallest absolute Gasteiger partial charge is 0.316 e. The number of anilines is 2. The molecule has 1 aliphatic heterocycles. The first kappa shape index (κ1) is 19.0. The molecule has 2 aromatic carbocycles. The molecule has 0 saturated carbocycles. The zero-order valence-electron chi connectivity index (χ0n) is 16.4. The molecule has 0 bridgehead atoms. The standard InChI is InChI=1S/C22H24N4O3/c1-2-26-19-11-6-15(14-18(19)24-21(28)22(26)29)20(27)23-16-7-9-17(10-8-16)25-12-4-3-5-13-25/h6-11,14H,2-5,12-13H2,1H3,(H,23,27)(H,24,28). The number of carbonyl (C=O) groups is 1. The predicted molar refractivity (Wildman–Crippen MR) is 115 cm³/mol. The number of aryl methyl sites for hydroxylation is 1. The number of carbonyl (C=O) groups excluding carboxylic acids is 1. The van der Waals surface area contributed by atoms with Crippen molar-refractivity contribution < 1.29 is 4.79 Å². The van der Waals surface area contributed by atoms with Gasteiger partial charge in [0.05, 0.1) is 11.0 Å². The van der Waals surface area contributed by atoms with Gasteiger partial charge >= 0.3 is 11.1 Å². The summed E-state index contributed by atoms with van der Waals surface area (Å²) in [4.78, 5) is 41.4. The maximum Gasteiger partial charge on any atom is 0.316 e. The summed E-state index contributed by atoms with van der Waals surface area (Å²) in [5.41, 5.74) is 2.07. The van der Waals surface area contributed by atoms with Crippen LogP contribution in [0.3, 0.4) is 0 Å². The summed E-state index contributed by atoms with van der Waals surface area (Å²) in [5, 5.41) is 2.89. The number of nitrogens with one attached hydrogen (secondary N) is 2. The van der Waals surface area contributed by atoms with Gasteiger partial charge in [0.1, 0.15) is 0 Å². The molecule has 1 aromatic heterocycles. The van der Waals surface area contributed by atoms with E-state index >= 15 is 0 Å². The predicted octanol–water partition coefficient (Wildman–Crippen LogP) is 2.95. The third-order valence-electron chi connectivity index (χ3n) is 5.40. The number of aromatic nitrogens is 2. The van der Waals surface area contributed by atoms with Gasteiger partial charge in [-0.25, -0.2) is 0 Å². The molecular weight excluding hydrogens is 368 g/mol. The van der Waals surface area contributed by atoms with Crippen molar-refractivity contribution in [1.29, 1.82) is 0 Å². The minimum absolute atomic E-state index is 0.271. The monoisotopic (exact) mass is 392 g/mol. The number of nitrogens with zero attached hydrogens (tertiary/aromatic N) is 2. The summed E-state index contributed by atoms with van der Waals surface area (Å²) >= 11 is 0. The van der Waals surface area contributed by atoms with E-state index in [1.54, 1.807) is 25.1 Å². The van der Waals surface area contributed by atoms with Gasteiger partial charge in [0, 0.05) is 36.6 Å². The van der Waals surface area contributed by atoms with Gasteiger partial charge in [0.15, 0.2) is 0 Å². The fraction of sp³-hybridized carbons (Fsp3) is 0.318. The third kappa shape index (κ3) is 3.81. The Hall–Kier alpha value is -3.35. The van der Waals surface area contributed by atoms with E-state index in [0.717, 1.165) is 13.1 Å². The molecule has 1 aliphatic rings. The summed E-state index contributed by atoms with van der Waals surface area (Å²) in [5.74, 6) is -0.271. The Labute approximate surface area is 168 Å². The second-order valence-corrected chi connectivity index (χ2v) is 7.28. The SMILES string of the molecule is CCn1c(=O)c(=O)[nH]c2cc(C(=O)Nc3ccc(N4CCCCC4)cc3)ccc21. The maximum atomic E-state index is 12.7. The highest BCUT2D eigenvalue weighted by Crippen LogP contribution is 2.22. The van der Waals surface area contributed by atoms with E-state index in [-0.39, 0.29) is 5.91 Å². The number of rotatable bonds is 4. The maximum absolute atomic E-state index is 12.7. The van der Waals surface area contributed by atoms with Gasteiger partial charge in [0.2, 0.25) is 0 Å². The lowest BCUT2D eigenvalue weighted by atomic mass is 10.1. The molecule has 0 spiro atoms. The first-order valence-corrected chi connectivity index (χ1v) is 10.00. The van der Waals surface area contributed by atoms with Crippen molar-refractivity contribution in [2.24, 2.45) is 0 Å². The molecule has 2 N–H and O–H groups in total. The summed E-state index contributed by atoms with van der Waals surface area (Å²) in [6, 6.07) is 12.8. The van der Waals surface area contributed by atoms with E-state index in [1.165, 1.54) is 29.5 Å². The number of piperidine rings is 1. The molecule has 1 saturated heterocycles. The number of hydrogen-bond acceptors (Lipinski definition) is 4. The van der Waals surface area contributed by atoms with Crippen molar-refractivity contribution in [1.82, 2.24) is 9.55 Å². The largest absolute Gasteiger partial charge is 0.372 e. The van der Waals surface area contributed by atoms with Crippen LogP contribution in [0.2, 0.25) is 0 Å². The summed E-state index contributed by atoms with van der Waals surface area (Å²) in [6.45, 7) is 4.33. The van der Waals surface area contributed by atoms with Gasteiger partial charge in [-0.2, -0.15) is 0 Å². The topological polar surface area (TPSA) is 87.2 Å². The molecule has 29 heavy (non-hydrogen) atoms. The number of aromatic amines is 1. The van der Waals surface area contributed by atoms with Crippen molar-refractivity contribution in [2.75, 3.05) is 23.3 Å². The van der Waals surface area contributed by atoms with E-state index in [4.69, 9.17) is 0 Å². The number of fused-ring (bicyclic) bond motifs is 1. The van der Waals surface area contributed by atoms with Crippen molar-refractivity contribution in [3.8, 4) is 0 Å². The first-order chi connectivity index (χ1) is 14.1. The van der Waals surface area contributed by atoms with Crippen LogP contribution in [0.15, 0.2) is 52.1 Å². The normalized spacial score (nSPS) is 14.2. The van der Waals surface area contributed by atoms with Crippen LogP contribution < -0.4 is 21.3 Å². The molecule has 4 rings (SSSR count). The minimum atomic E-state index is -0.690. The summed E-state index contributed by atoms with van der Waals surface area (Å²) < 4.78 is 1.40. The lowest BCUT2D eigenvalue weighted by Crippen LogP contribution is -2.36. The highest BCUT2D eigenvalue weighted by Gasteiger charge is 2.13. The average molecular weight is 392 g/mol. The van der Waals surface area contributed by atoms with Gasteiger partial charge in [-0.15, -0.1) is 0 Å². The number of H-pyrrole nitrogens is 1. The Morgan fingerprint density at radius 1 is 1.03 bits per heavy atom. The Kier molecular flexibility index (Phi) is 5.20. The molecule has 150 valence electrons. The van der Waals surface area contributed by atoms with Crippen LogP contribution in [-0.2, 0) is 6.54 Å². The minimum Gasteiger partial charge on any atom is -0.372 e.